The third-order valence-electron chi connectivity index (χ3n) is 1.78. The molecule has 0 aromatic heterocycles. The lowest BCUT2D eigenvalue weighted by Crippen LogP contribution is -2.07. The minimum Gasteiger partial charge on any atom is -0.350 e. The van der Waals surface area contributed by atoms with E-state index in [4.69, 9.17) is 12.2 Å². The summed E-state index contributed by atoms with van der Waals surface area (Å²) < 4.78 is 0. The van der Waals surface area contributed by atoms with E-state index >= 15 is 0 Å². The molecule has 1 aromatic carbocycles. The van der Waals surface area contributed by atoms with Gasteiger partial charge in [0.1, 0.15) is 0 Å². The van der Waals surface area contributed by atoms with E-state index in [9.17, 15) is 0 Å². The Bertz CT molecular complexity index is 294. The largest absolute Gasteiger partial charge is 0.350 e. The maximum Gasteiger partial charge on any atom is 0.0797 e. The molecule has 0 fully saturated rings. The average Bonchev–Trinajstić information content (AvgIpc) is 2.04. The molecule has 0 aliphatic carbocycles. The van der Waals surface area contributed by atoms with Crippen LogP contribution in [0.3, 0.4) is 0 Å². The van der Waals surface area contributed by atoms with Crippen molar-refractivity contribution < 1.29 is 0 Å². The molecule has 0 bridgehead atoms. The van der Waals surface area contributed by atoms with Crippen LogP contribution in [-0.4, -0.2) is 4.99 Å². The zero-order valence-corrected chi connectivity index (χ0v) is 8.95. The molecule has 1 aromatic rings. The van der Waals surface area contributed by atoms with Crippen LogP contribution in [0, 0.1) is 6.92 Å². The third kappa shape index (κ3) is 3.55. The highest BCUT2D eigenvalue weighted by Gasteiger charge is 1.95. The van der Waals surface area contributed by atoms with Gasteiger partial charge in [0.15, 0.2) is 0 Å². The van der Waals surface area contributed by atoms with Crippen molar-refractivity contribution in [3.8, 4) is 0 Å². The number of thiocarbonyl (C=S) groups is 1. The summed E-state index contributed by atoms with van der Waals surface area (Å²) in [6.07, 6.45) is 2.06. The van der Waals surface area contributed by atoms with Crippen molar-refractivity contribution in [1.29, 1.82) is 0 Å². The smallest absolute Gasteiger partial charge is 0.0797 e. The van der Waals surface area contributed by atoms with Crippen LogP contribution in [0.25, 0.3) is 0 Å². The Hall–Kier alpha value is -0.890. The summed E-state index contributed by atoms with van der Waals surface area (Å²) in [4.78, 5) is 0.924. The minimum absolute atomic E-state index is 0.924. The van der Waals surface area contributed by atoms with E-state index in [-0.39, 0.29) is 0 Å². The van der Waals surface area contributed by atoms with Crippen LogP contribution in [0.15, 0.2) is 24.3 Å². The van der Waals surface area contributed by atoms with E-state index in [1.54, 1.807) is 0 Å². The standard InChI is InChI=1S/C11H15NS/c1-3-5-11(13)12-10-7-4-6-9(2)8-10/h4,6-8H,3,5H2,1-2H3,(H,12,13). The van der Waals surface area contributed by atoms with Gasteiger partial charge < -0.3 is 5.32 Å². The first-order chi connectivity index (χ1) is 6.22. The number of nitrogens with one attached hydrogen (secondary N) is 1. The Morgan fingerprint density at radius 1 is 1.46 bits per heavy atom. The van der Waals surface area contributed by atoms with Gasteiger partial charge >= 0.3 is 0 Å². The van der Waals surface area contributed by atoms with Crippen molar-refractivity contribution in [2.75, 3.05) is 5.32 Å². The molecule has 0 aliphatic rings. The molecule has 0 unspecified atom stereocenters. The Balaban J connectivity index is 2.58. The van der Waals surface area contributed by atoms with Crippen molar-refractivity contribution >= 4 is 22.9 Å². The van der Waals surface area contributed by atoms with Crippen LogP contribution < -0.4 is 5.32 Å². The van der Waals surface area contributed by atoms with Gasteiger partial charge in [0.2, 0.25) is 0 Å². The molecule has 0 saturated heterocycles. The van der Waals surface area contributed by atoms with Crippen LogP contribution >= 0.6 is 12.2 Å². The number of aryl methyl sites for hydroxylation is 1. The molecule has 0 spiro atoms. The molecule has 13 heavy (non-hydrogen) atoms. The molecule has 0 aliphatic heterocycles. The summed E-state index contributed by atoms with van der Waals surface area (Å²) in [7, 11) is 0. The van der Waals surface area contributed by atoms with Crippen molar-refractivity contribution in [2.24, 2.45) is 0 Å². The van der Waals surface area contributed by atoms with Gasteiger partial charge in [-0.05, 0) is 37.5 Å². The normalized spacial score (nSPS) is 9.69. The van der Waals surface area contributed by atoms with E-state index in [0.717, 1.165) is 23.5 Å². The lowest BCUT2D eigenvalue weighted by atomic mass is 10.2. The average molecular weight is 193 g/mol. The fourth-order valence-electron chi connectivity index (χ4n) is 1.17. The Morgan fingerprint density at radius 2 is 2.23 bits per heavy atom. The summed E-state index contributed by atoms with van der Waals surface area (Å²) in [6, 6.07) is 8.25. The number of hydrogen-bond donors (Lipinski definition) is 1. The van der Waals surface area contributed by atoms with E-state index in [0.29, 0.717) is 0 Å². The zero-order valence-electron chi connectivity index (χ0n) is 8.13. The molecule has 0 amide bonds. The lowest BCUT2D eigenvalue weighted by molar-refractivity contribution is 1.00. The first kappa shape index (κ1) is 10.2. The van der Waals surface area contributed by atoms with Crippen LogP contribution in [0.2, 0.25) is 0 Å². The van der Waals surface area contributed by atoms with Crippen molar-refractivity contribution in [3.63, 3.8) is 0 Å². The molecule has 70 valence electrons. The predicted molar refractivity (Wildman–Crippen MR) is 62.3 cm³/mol. The fourth-order valence-corrected chi connectivity index (χ4v) is 1.50. The highest BCUT2D eigenvalue weighted by molar-refractivity contribution is 7.80. The van der Waals surface area contributed by atoms with E-state index in [1.807, 2.05) is 12.1 Å². The summed E-state index contributed by atoms with van der Waals surface area (Å²) in [6.45, 7) is 4.21. The Morgan fingerprint density at radius 3 is 2.85 bits per heavy atom. The van der Waals surface area contributed by atoms with Crippen LogP contribution in [0.5, 0.6) is 0 Å². The first-order valence-electron chi connectivity index (χ1n) is 4.59. The first-order valence-corrected chi connectivity index (χ1v) is 4.99. The molecule has 0 atom stereocenters. The van der Waals surface area contributed by atoms with Gasteiger partial charge in [-0.25, -0.2) is 0 Å². The van der Waals surface area contributed by atoms with Gasteiger partial charge in [-0.15, -0.1) is 0 Å². The Labute approximate surface area is 85.2 Å². The molecule has 0 heterocycles. The van der Waals surface area contributed by atoms with Gasteiger partial charge in [-0.3, -0.25) is 0 Å². The zero-order chi connectivity index (χ0) is 9.68. The van der Waals surface area contributed by atoms with Gasteiger partial charge in [0, 0.05) is 5.69 Å². The SMILES string of the molecule is CCCC(=S)Nc1cccc(C)c1. The second kappa shape index (κ2) is 4.97. The quantitative estimate of drug-likeness (QED) is 0.737. The third-order valence-corrected chi connectivity index (χ3v) is 2.09. The molecule has 1 rings (SSSR count). The van der Waals surface area contributed by atoms with Crippen molar-refractivity contribution in [2.45, 2.75) is 26.7 Å². The minimum atomic E-state index is 0.924. The summed E-state index contributed by atoms with van der Waals surface area (Å²) in [5, 5.41) is 3.22. The highest BCUT2D eigenvalue weighted by Crippen LogP contribution is 2.10. The fraction of sp³-hybridized carbons (Fsp3) is 0.364. The second-order valence-corrected chi connectivity index (χ2v) is 3.66. The summed E-state index contributed by atoms with van der Waals surface area (Å²) in [5.74, 6) is 0. The van der Waals surface area contributed by atoms with E-state index < -0.39 is 0 Å². The maximum absolute atomic E-state index is 5.17. The van der Waals surface area contributed by atoms with E-state index in [2.05, 4.69) is 31.3 Å². The molecule has 2 heteroatoms. The van der Waals surface area contributed by atoms with Crippen molar-refractivity contribution in [3.05, 3.63) is 29.8 Å². The van der Waals surface area contributed by atoms with Crippen LogP contribution in [0.4, 0.5) is 5.69 Å². The highest BCUT2D eigenvalue weighted by atomic mass is 32.1. The summed E-state index contributed by atoms with van der Waals surface area (Å²) in [5.41, 5.74) is 2.35. The molecule has 1 N–H and O–H groups in total. The topological polar surface area (TPSA) is 12.0 Å². The summed E-state index contributed by atoms with van der Waals surface area (Å²) >= 11 is 5.17. The second-order valence-electron chi connectivity index (χ2n) is 3.17. The molecular weight excluding hydrogens is 178 g/mol. The molecule has 0 radical (unpaired) electrons. The van der Waals surface area contributed by atoms with Gasteiger partial charge in [0.05, 0.1) is 4.99 Å². The monoisotopic (exact) mass is 193 g/mol. The van der Waals surface area contributed by atoms with Gasteiger partial charge in [0.25, 0.3) is 0 Å². The van der Waals surface area contributed by atoms with E-state index in [1.165, 1.54) is 5.56 Å². The van der Waals surface area contributed by atoms with Gasteiger partial charge in [-0.2, -0.15) is 0 Å². The molecule has 1 nitrogen and oxygen atoms in total. The lowest BCUT2D eigenvalue weighted by Gasteiger charge is -2.06. The maximum atomic E-state index is 5.17. The number of hydrogen-bond acceptors (Lipinski definition) is 1. The van der Waals surface area contributed by atoms with Gasteiger partial charge in [-0.1, -0.05) is 31.3 Å². The molecular formula is C11H15NS. The van der Waals surface area contributed by atoms with Crippen LogP contribution in [-0.2, 0) is 0 Å². The number of anilines is 1. The number of benzene rings is 1. The van der Waals surface area contributed by atoms with Crippen LogP contribution in [0.1, 0.15) is 25.3 Å². The molecule has 0 saturated carbocycles. The number of rotatable bonds is 3. The predicted octanol–water partition coefficient (Wildman–Crippen LogP) is 3.53. The Kier molecular flexibility index (Phi) is 3.90. The van der Waals surface area contributed by atoms with Crippen molar-refractivity contribution in [1.82, 2.24) is 0 Å².